The Morgan fingerprint density at radius 3 is 2.07 bits per heavy atom. The largest absolute Gasteiger partial charge is 0.480 e. The molecule has 0 bridgehead atoms. The van der Waals surface area contributed by atoms with E-state index < -0.39 is 133 Å². The van der Waals surface area contributed by atoms with Crippen LogP contribution in [-0.4, -0.2) is 137 Å². The van der Waals surface area contributed by atoms with Crippen LogP contribution in [0.2, 0.25) is 0 Å². The van der Waals surface area contributed by atoms with Gasteiger partial charge in [-0.15, -0.1) is 0 Å². The van der Waals surface area contributed by atoms with E-state index in [0.717, 1.165) is 10.5 Å². The number of carbonyl (C=O) groups excluding carboxylic acids is 8. The number of hydrogen-bond acceptors (Lipinski definition) is 12. The van der Waals surface area contributed by atoms with Crippen molar-refractivity contribution in [1.82, 2.24) is 36.8 Å². The minimum Gasteiger partial charge on any atom is -0.480 e. The zero-order valence-corrected chi connectivity index (χ0v) is 42.0. The molecule has 1 saturated heterocycles. The maximum Gasteiger partial charge on any atom is 0.326 e. The van der Waals surface area contributed by atoms with E-state index in [4.69, 9.17) is 16.2 Å². The van der Waals surface area contributed by atoms with Crippen LogP contribution >= 0.6 is 0 Å². The quantitative estimate of drug-likeness (QED) is 0.0266. The van der Waals surface area contributed by atoms with Gasteiger partial charge < -0.3 is 63.2 Å². The van der Waals surface area contributed by atoms with E-state index in [0.29, 0.717) is 18.4 Å². The average molecular weight is 1010 g/mol. The molecule has 12 N–H and O–H groups in total. The Labute approximate surface area is 419 Å². The second-order valence-corrected chi connectivity index (χ2v) is 18.1. The Kier molecular flexibility index (Phi) is 25.4. The van der Waals surface area contributed by atoms with Gasteiger partial charge in [0.15, 0.2) is 5.96 Å². The molecule has 1 aliphatic heterocycles. The lowest BCUT2D eigenvalue weighted by molar-refractivity contribution is -0.148. The number of guanidine groups is 1. The molecular weight excluding hydrogens is 937 g/mol. The zero-order chi connectivity index (χ0) is 54.2. The summed E-state index contributed by atoms with van der Waals surface area (Å²) < 4.78 is 5.67. The van der Waals surface area contributed by atoms with Crippen molar-refractivity contribution >= 4 is 65.2 Å². The fraction of sp³-hybridized carbons (Fsp3) is 0.531. The van der Waals surface area contributed by atoms with Crippen molar-refractivity contribution < 1.29 is 62.9 Å². The highest BCUT2D eigenvalue weighted by atomic mass is 16.5. The normalized spacial score (nSPS) is 22.9. The number of benzene rings is 1. The van der Waals surface area contributed by atoms with Crippen molar-refractivity contribution in [2.75, 3.05) is 20.1 Å². The predicted octanol–water partition coefficient (Wildman–Crippen LogP) is 0.291. The number of ether oxygens (including phenoxy) is 1. The summed E-state index contributed by atoms with van der Waals surface area (Å²) >= 11 is 0. The lowest BCUT2D eigenvalue weighted by Gasteiger charge is -2.27. The molecule has 0 saturated carbocycles. The van der Waals surface area contributed by atoms with Gasteiger partial charge in [-0.1, -0.05) is 88.4 Å². The molecule has 1 fully saturated rings. The molecule has 396 valence electrons. The van der Waals surface area contributed by atoms with E-state index in [1.54, 1.807) is 26.8 Å². The predicted molar refractivity (Wildman–Crippen MR) is 265 cm³/mol. The molecule has 1 aliphatic rings. The molecule has 72 heavy (non-hydrogen) atoms. The third kappa shape index (κ3) is 22.0. The number of hydrogen-bond donors (Lipinski definition) is 10. The number of aliphatic imine (C=N–C) groups is 1. The lowest BCUT2D eigenvalue weighted by Crippen LogP contribution is -2.56. The van der Waals surface area contributed by atoms with Crippen LogP contribution in [0.5, 0.6) is 0 Å². The van der Waals surface area contributed by atoms with Crippen molar-refractivity contribution in [3.8, 4) is 0 Å². The molecule has 1 heterocycles. The van der Waals surface area contributed by atoms with Gasteiger partial charge in [0.05, 0.1) is 24.9 Å². The smallest absolute Gasteiger partial charge is 0.326 e. The molecule has 0 aromatic heterocycles. The fourth-order valence-electron chi connectivity index (χ4n) is 7.35. The molecule has 23 nitrogen and oxygen atoms in total. The van der Waals surface area contributed by atoms with Gasteiger partial charge in [0, 0.05) is 39.3 Å². The average Bonchev–Trinajstić information content (AvgIpc) is 3.30. The number of likely N-dealkylation sites (N-methyl/N-ethyl adjacent to an activating group) is 1. The van der Waals surface area contributed by atoms with Crippen LogP contribution in [0.1, 0.15) is 92.1 Å². The first kappa shape index (κ1) is 60.5. The fourth-order valence-corrected chi connectivity index (χ4v) is 7.35. The van der Waals surface area contributed by atoms with Crippen LogP contribution in [-0.2, 0) is 59.1 Å². The van der Waals surface area contributed by atoms with Gasteiger partial charge in [-0.05, 0) is 50.5 Å². The van der Waals surface area contributed by atoms with Crippen molar-refractivity contribution in [3.63, 3.8) is 0 Å². The maximum atomic E-state index is 14.3. The molecule has 1 aromatic carbocycles. The Morgan fingerprint density at radius 2 is 1.47 bits per heavy atom. The summed E-state index contributed by atoms with van der Waals surface area (Å²) in [6, 6.07) is 1.96. The first-order valence-corrected chi connectivity index (χ1v) is 23.6. The highest BCUT2D eigenvalue weighted by molar-refractivity contribution is 5.99. The van der Waals surface area contributed by atoms with Crippen molar-refractivity contribution in [2.45, 2.75) is 129 Å². The number of esters is 1. The number of carbonyl (C=O) groups is 10. The van der Waals surface area contributed by atoms with Crippen LogP contribution in [0, 0.1) is 17.8 Å². The summed E-state index contributed by atoms with van der Waals surface area (Å²) in [5.41, 5.74) is 12.0. The van der Waals surface area contributed by atoms with Gasteiger partial charge in [-0.3, -0.25) is 43.3 Å². The highest BCUT2D eigenvalue weighted by Crippen LogP contribution is 2.19. The molecule has 8 atom stereocenters. The van der Waals surface area contributed by atoms with Gasteiger partial charge in [-0.25, -0.2) is 9.59 Å². The Morgan fingerprint density at radius 1 is 0.861 bits per heavy atom. The Bertz CT molecular complexity index is 2210. The van der Waals surface area contributed by atoms with E-state index in [2.05, 4.69) is 43.5 Å². The van der Waals surface area contributed by atoms with Crippen LogP contribution in [0.3, 0.4) is 0 Å². The standard InChI is InChI=1S/C49H72N10O13/c1-27(2)22-37-46(67)58-38(48(70)71)25-40(61)54-35(16-12-13-21-52-49(50)51)45(66)56-34(18-17-28(3)23-29(4)39(72-32(7)60)24-33-14-10-9-11-15-33)30(5)43(64)57-36(47(68)69)19-20-42(63)59(8)31(6)44(65)53-26-41(62)55-37/h9-11,14-15,17-18,23,27,29-30,34-39H,6,12-13,16,19-22,24-26H2,1-5,7-8H3,(H,53,65)(H,54,61)(H,55,62)(H,56,66)(H,57,64)(H,58,67)(H,68,69)(H,70,71)(H4,50,51,52)/b18-17+,28-23+/t29-,30-,34-,35-,36+,37-,38+,39-/m0/s1. The number of aliphatic carboxylic acids is 2. The Balaban J connectivity index is 2.70. The summed E-state index contributed by atoms with van der Waals surface area (Å²) in [6.07, 6.45) is 3.46. The van der Waals surface area contributed by atoms with Crippen molar-refractivity contribution in [3.05, 3.63) is 72.0 Å². The van der Waals surface area contributed by atoms with Crippen molar-refractivity contribution in [1.29, 1.82) is 0 Å². The van der Waals surface area contributed by atoms with Gasteiger partial charge >= 0.3 is 17.9 Å². The molecule has 1 aromatic rings. The van der Waals surface area contributed by atoms with Gasteiger partial charge in [0.2, 0.25) is 35.4 Å². The number of unbranched alkanes of at least 4 members (excludes halogenated alkanes) is 1. The number of amides is 7. The van der Waals surface area contributed by atoms with Gasteiger partial charge in [-0.2, -0.15) is 0 Å². The maximum absolute atomic E-state index is 14.3. The number of nitrogens with two attached hydrogens (primary N) is 2. The second kappa shape index (κ2) is 30.2. The highest BCUT2D eigenvalue weighted by Gasteiger charge is 2.34. The third-order valence-electron chi connectivity index (χ3n) is 11.5. The number of nitrogens with one attached hydrogen (secondary N) is 6. The first-order valence-electron chi connectivity index (χ1n) is 23.6. The number of allylic oxidation sites excluding steroid dienone is 2. The van der Waals surface area contributed by atoms with E-state index in [-0.39, 0.29) is 43.6 Å². The van der Waals surface area contributed by atoms with Gasteiger partial charge in [0.25, 0.3) is 5.91 Å². The van der Waals surface area contributed by atoms with Crippen LogP contribution in [0.25, 0.3) is 0 Å². The molecular formula is C49H72N10O13. The summed E-state index contributed by atoms with van der Waals surface area (Å²) in [4.78, 5) is 137. The van der Waals surface area contributed by atoms with E-state index in [9.17, 15) is 58.2 Å². The summed E-state index contributed by atoms with van der Waals surface area (Å²) in [7, 11) is 1.20. The molecule has 0 radical (unpaired) electrons. The lowest BCUT2D eigenvalue weighted by atomic mass is 9.94. The Hall–Kier alpha value is -7.59. The molecule has 0 aliphatic carbocycles. The summed E-state index contributed by atoms with van der Waals surface area (Å²) in [5, 5.41) is 35.0. The van der Waals surface area contributed by atoms with E-state index >= 15 is 0 Å². The van der Waals surface area contributed by atoms with Crippen LogP contribution in [0.15, 0.2) is 71.4 Å². The van der Waals surface area contributed by atoms with E-state index in [1.807, 2.05) is 43.3 Å². The second-order valence-electron chi connectivity index (χ2n) is 18.1. The molecule has 7 amide bonds. The minimum absolute atomic E-state index is 0.0102. The minimum atomic E-state index is -1.85. The number of carboxylic acids is 2. The zero-order valence-electron chi connectivity index (χ0n) is 42.0. The molecule has 0 spiro atoms. The summed E-state index contributed by atoms with van der Waals surface area (Å²) in [6.45, 7) is 12.8. The molecule has 2 rings (SSSR count). The van der Waals surface area contributed by atoms with E-state index in [1.165, 1.54) is 27.0 Å². The SMILES string of the molecule is C=C1C(=O)NCC(=O)N[C@@H](CC(C)C)C(=O)N[C@@H](C(=O)O)CC(=O)N[C@@H](CCCCN=C(N)N)C(=O)N[C@@H](/C=C/C(C)=C/[C@H](C)[C@H](Cc2ccccc2)OC(C)=O)[C@H](C)C(=O)N[C@@H](C(=O)O)CCC(=O)N1C. The van der Waals surface area contributed by atoms with Gasteiger partial charge in [0.1, 0.15) is 36.0 Å². The van der Waals surface area contributed by atoms with Crippen molar-refractivity contribution in [2.24, 2.45) is 34.2 Å². The topological polar surface area (TPSA) is 360 Å². The molecule has 0 unspecified atom stereocenters. The monoisotopic (exact) mass is 1010 g/mol. The first-order chi connectivity index (χ1) is 33.8. The molecule has 23 heteroatoms. The summed E-state index contributed by atoms with van der Waals surface area (Å²) in [5.74, 6) is -11.8. The number of rotatable bonds is 16. The number of nitrogens with zero attached hydrogens (tertiary/aromatic N) is 2. The number of carboxylic acid groups (broad SMARTS) is 2. The third-order valence-corrected chi connectivity index (χ3v) is 11.5. The van der Waals surface area contributed by atoms with Crippen LogP contribution in [0.4, 0.5) is 0 Å². The van der Waals surface area contributed by atoms with Crippen LogP contribution < -0.4 is 43.4 Å².